The zero-order valence-corrected chi connectivity index (χ0v) is 8.67. The van der Waals surface area contributed by atoms with E-state index in [1.165, 1.54) is 12.1 Å². The van der Waals surface area contributed by atoms with E-state index in [-0.39, 0.29) is 6.04 Å². The fourth-order valence-electron chi connectivity index (χ4n) is 1.15. The topological polar surface area (TPSA) is 27.0 Å². The van der Waals surface area contributed by atoms with Crippen LogP contribution in [0.15, 0.2) is 18.2 Å². The average molecular weight is 210 g/mol. The zero-order chi connectivity index (χ0) is 11.4. The van der Waals surface area contributed by atoms with Crippen LogP contribution in [0.25, 0.3) is 0 Å². The van der Waals surface area contributed by atoms with E-state index in [0.29, 0.717) is 12.1 Å². The van der Waals surface area contributed by atoms with Crippen LogP contribution in [-0.2, 0) is 6.54 Å². The van der Waals surface area contributed by atoms with Gasteiger partial charge in [0.1, 0.15) is 11.6 Å². The molecule has 0 N–H and O–H groups in total. The van der Waals surface area contributed by atoms with Gasteiger partial charge >= 0.3 is 0 Å². The van der Waals surface area contributed by atoms with Gasteiger partial charge in [0.25, 0.3) is 0 Å². The highest BCUT2D eigenvalue weighted by Gasteiger charge is 2.11. The Bertz CT molecular complexity index is 385. The van der Waals surface area contributed by atoms with Gasteiger partial charge in [0.05, 0.1) is 12.1 Å². The minimum absolute atomic E-state index is 0.292. The third-order valence-corrected chi connectivity index (χ3v) is 2.28. The van der Waals surface area contributed by atoms with Crippen molar-refractivity contribution in [2.75, 3.05) is 7.05 Å². The highest BCUT2D eigenvalue weighted by Crippen LogP contribution is 2.12. The third-order valence-electron chi connectivity index (χ3n) is 2.28. The van der Waals surface area contributed by atoms with Gasteiger partial charge in [-0.3, -0.25) is 4.90 Å². The SMILES string of the molecule is CC(C#N)N(C)Cc1ccc(F)cc1F. The summed E-state index contributed by atoms with van der Waals surface area (Å²) in [5.41, 5.74) is 0.390. The minimum atomic E-state index is -0.591. The molecule has 0 aliphatic heterocycles. The standard InChI is InChI=1S/C11H12F2N2/c1-8(6-14)15(2)7-9-3-4-10(12)5-11(9)13/h3-5,8H,7H2,1-2H3. The van der Waals surface area contributed by atoms with E-state index in [1.807, 2.05) is 6.07 Å². The number of rotatable bonds is 3. The van der Waals surface area contributed by atoms with Crippen molar-refractivity contribution in [1.29, 1.82) is 5.26 Å². The van der Waals surface area contributed by atoms with Crippen LogP contribution in [0.2, 0.25) is 0 Å². The second-order valence-electron chi connectivity index (χ2n) is 3.46. The van der Waals surface area contributed by atoms with E-state index in [1.54, 1.807) is 18.9 Å². The molecule has 0 bridgehead atoms. The van der Waals surface area contributed by atoms with Crippen molar-refractivity contribution in [3.05, 3.63) is 35.4 Å². The Labute approximate surface area is 87.7 Å². The van der Waals surface area contributed by atoms with Crippen LogP contribution in [0, 0.1) is 23.0 Å². The van der Waals surface area contributed by atoms with Crippen LogP contribution >= 0.6 is 0 Å². The summed E-state index contributed by atoms with van der Waals surface area (Å²) in [7, 11) is 1.72. The van der Waals surface area contributed by atoms with Gasteiger partial charge in [-0.2, -0.15) is 5.26 Å². The molecule has 0 radical (unpaired) electrons. The van der Waals surface area contributed by atoms with Gasteiger partial charge in [0.15, 0.2) is 0 Å². The molecule has 2 nitrogen and oxygen atoms in total. The molecule has 1 aromatic rings. The summed E-state index contributed by atoms with van der Waals surface area (Å²) in [5.74, 6) is -1.17. The van der Waals surface area contributed by atoms with Gasteiger partial charge < -0.3 is 0 Å². The lowest BCUT2D eigenvalue weighted by atomic mass is 10.2. The number of nitrogens with zero attached hydrogens (tertiary/aromatic N) is 2. The van der Waals surface area contributed by atoms with E-state index >= 15 is 0 Å². The molecule has 80 valence electrons. The average Bonchev–Trinajstić information content (AvgIpc) is 2.20. The van der Waals surface area contributed by atoms with Crippen molar-refractivity contribution in [2.45, 2.75) is 19.5 Å². The lowest BCUT2D eigenvalue weighted by Gasteiger charge is -2.19. The number of hydrogen-bond donors (Lipinski definition) is 0. The summed E-state index contributed by atoms with van der Waals surface area (Å²) in [4.78, 5) is 1.69. The van der Waals surface area contributed by atoms with Crippen LogP contribution in [0.1, 0.15) is 12.5 Å². The van der Waals surface area contributed by atoms with Crippen molar-refractivity contribution < 1.29 is 8.78 Å². The quantitative estimate of drug-likeness (QED) is 0.765. The van der Waals surface area contributed by atoms with E-state index in [0.717, 1.165) is 6.07 Å². The Morgan fingerprint density at radius 2 is 2.13 bits per heavy atom. The van der Waals surface area contributed by atoms with E-state index in [9.17, 15) is 8.78 Å². The van der Waals surface area contributed by atoms with Gasteiger partial charge in [0, 0.05) is 18.2 Å². The number of halogens is 2. The molecule has 1 rings (SSSR count). The highest BCUT2D eigenvalue weighted by molar-refractivity contribution is 5.18. The van der Waals surface area contributed by atoms with Crippen LogP contribution in [-0.4, -0.2) is 18.0 Å². The molecule has 0 heterocycles. The molecule has 0 aliphatic carbocycles. The lowest BCUT2D eigenvalue weighted by molar-refractivity contribution is 0.289. The summed E-state index contributed by atoms with van der Waals surface area (Å²) < 4.78 is 25.8. The number of hydrogen-bond acceptors (Lipinski definition) is 2. The molecule has 0 spiro atoms. The van der Waals surface area contributed by atoms with Gasteiger partial charge in [-0.1, -0.05) is 6.07 Å². The molecule has 1 atom stereocenters. The first-order chi connectivity index (χ1) is 7.04. The molecular weight excluding hydrogens is 198 g/mol. The maximum absolute atomic E-state index is 13.2. The monoisotopic (exact) mass is 210 g/mol. The smallest absolute Gasteiger partial charge is 0.130 e. The van der Waals surface area contributed by atoms with Gasteiger partial charge in [0.2, 0.25) is 0 Å². The Hall–Kier alpha value is -1.47. The summed E-state index contributed by atoms with van der Waals surface area (Å²) in [6, 6.07) is 5.20. The maximum Gasteiger partial charge on any atom is 0.130 e. The molecule has 0 aliphatic rings. The molecule has 4 heteroatoms. The van der Waals surface area contributed by atoms with Crippen molar-refractivity contribution in [2.24, 2.45) is 0 Å². The first kappa shape index (κ1) is 11.6. The van der Waals surface area contributed by atoms with Crippen LogP contribution < -0.4 is 0 Å². The predicted molar refractivity (Wildman–Crippen MR) is 52.9 cm³/mol. The molecule has 0 aromatic heterocycles. The van der Waals surface area contributed by atoms with Crippen molar-refractivity contribution >= 4 is 0 Å². The second-order valence-corrected chi connectivity index (χ2v) is 3.46. The summed E-state index contributed by atoms with van der Waals surface area (Å²) in [5, 5.41) is 8.65. The molecule has 1 unspecified atom stereocenters. The Kier molecular flexibility index (Phi) is 3.75. The lowest BCUT2D eigenvalue weighted by Crippen LogP contribution is -2.27. The van der Waals surface area contributed by atoms with Crippen molar-refractivity contribution in [3.8, 4) is 6.07 Å². The molecule has 0 amide bonds. The molecule has 0 saturated heterocycles. The van der Waals surface area contributed by atoms with Crippen molar-refractivity contribution in [3.63, 3.8) is 0 Å². The Balaban J connectivity index is 2.78. The van der Waals surface area contributed by atoms with Gasteiger partial charge in [-0.15, -0.1) is 0 Å². The highest BCUT2D eigenvalue weighted by atomic mass is 19.1. The number of benzene rings is 1. The molecule has 0 saturated carbocycles. The first-order valence-corrected chi connectivity index (χ1v) is 4.58. The minimum Gasteiger partial charge on any atom is -0.287 e. The van der Waals surface area contributed by atoms with E-state index in [2.05, 4.69) is 0 Å². The largest absolute Gasteiger partial charge is 0.287 e. The first-order valence-electron chi connectivity index (χ1n) is 4.58. The van der Waals surface area contributed by atoms with Crippen molar-refractivity contribution in [1.82, 2.24) is 4.90 Å². The Morgan fingerprint density at radius 1 is 1.47 bits per heavy atom. The molecular formula is C11H12F2N2. The molecule has 1 aromatic carbocycles. The summed E-state index contributed by atoms with van der Waals surface area (Å²) in [6.07, 6.45) is 0. The maximum atomic E-state index is 13.2. The van der Waals surface area contributed by atoms with E-state index < -0.39 is 11.6 Å². The van der Waals surface area contributed by atoms with Crippen LogP contribution in [0.5, 0.6) is 0 Å². The van der Waals surface area contributed by atoms with Crippen LogP contribution in [0.4, 0.5) is 8.78 Å². The molecule has 15 heavy (non-hydrogen) atoms. The Morgan fingerprint density at radius 3 is 2.67 bits per heavy atom. The normalized spacial score (nSPS) is 12.5. The van der Waals surface area contributed by atoms with E-state index in [4.69, 9.17) is 5.26 Å². The fourth-order valence-corrected chi connectivity index (χ4v) is 1.15. The third kappa shape index (κ3) is 3.00. The second kappa shape index (κ2) is 4.85. The zero-order valence-electron chi connectivity index (χ0n) is 8.67. The molecule has 0 fully saturated rings. The summed E-state index contributed by atoms with van der Waals surface area (Å²) in [6.45, 7) is 2.02. The summed E-state index contributed by atoms with van der Waals surface area (Å²) >= 11 is 0. The predicted octanol–water partition coefficient (Wildman–Crippen LogP) is 2.31. The van der Waals surface area contributed by atoms with Gasteiger partial charge in [-0.05, 0) is 20.0 Å². The fraction of sp³-hybridized carbons (Fsp3) is 0.364. The van der Waals surface area contributed by atoms with Crippen LogP contribution in [0.3, 0.4) is 0 Å². The number of nitriles is 1. The van der Waals surface area contributed by atoms with Gasteiger partial charge in [-0.25, -0.2) is 8.78 Å².